The maximum Gasteiger partial charge on any atom is 0.0379 e. The van der Waals surface area contributed by atoms with E-state index in [1.807, 2.05) is 49.4 Å². The number of alkyl halides is 4. The van der Waals surface area contributed by atoms with Gasteiger partial charge in [-0.1, -0.05) is 39.0 Å². The molecule has 6 N–H and O–H groups in total. The molecule has 0 spiro atoms. The van der Waals surface area contributed by atoms with Crippen LogP contribution in [0.4, 0.5) is 8.78 Å². The topological polar surface area (TPSA) is 264 Å². The average molecular weight is 1520 g/mol. The molecule has 2 radical (unpaired) electrons. The number of esters is 4. The van der Waals surface area contributed by atoms with E-state index in [0.29, 0.717) is 41.9 Å². The van der Waals surface area contributed by atoms with E-state index >= 15 is 0 Å². The Morgan fingerprint density at radius 1 is 0.659 bits per heavy atom. The maximum atomic E-state index is 14.4. The van der Waals surface area contributed by atoms with Gasteiger partial charge in [0, 0.05) is 45.4 Å². The monoisotopic (exact) mass is 1520 g/mol. The first-order chi connectivity index (χ1) is 39.7. The molecule has 24 heteroatoms. The number of rotatable bonds is 2. The van der Waals surface area contributed by atoms with Gasteiger partial charge in [0.15, 0.2) is 0 Å². The normalized spacial score (nSPS) is 40.2. The number of hydrogen-bond acceptors (Lipinski definition) is 16. The molecule has 2 aromatic carbocycles. The SMILES string of the molecule is C.CC1=CC2C(=O)O[C@@H]3CC[C@H](C1)[C@]23O.CC1C2C(=O)O[C@@H]3CC[C@H](C[C@]1(C)F)[C@]23O.C[C@@H]1C=C2C(=O)O[C@@H]3CC[C@H](C1)[C@]23O.C[C@@]1(F)C=C2C(=O)O[C@@H]3CC[C@H](C1)[C@]23O.ClCCl.O=C1c2ccccc2C(=O)N1[Se]c1ccccc1.OO.[2H][B].[U]. The molecule has 4 saturated heterocycles. The van der Waals surface area contributed by atoms with Crippen LogP contribution in [0.25, 0.3) is 0 Å². The van der Waals surface area contributed by atoms with E-state index < -0.39 is 75.6 Å². The van der Waals surface area contributed by atoms with Gasteiger partial charge in [0.1, 0.15) is 64.1 Å². The summed E-state index contributed by atoms with van der Waals surface area (Å²) < 4.78 is 56.6. The van der Waals surface area contributed by atoms with Crippen molar-refractivity contribution >= 4 is 86.9 Å². The summed E-state index contributed by atoms with van der Waals surface area (Å²) in [6, 6.07) is 16.6. The van der Waals surface area contributed by atoms with Gasteiger partial charge in [0.25, 0.3) is 0 Å². The second-order valence-corrected chi connectivity index (χ2v) is 27.3. The number of imide groups is 1. The Bertz CT molecular complexity index is 2930. The van der Waals surface area contributed by atoms with Crippen molar-refractivity contribution in [1.29, 1.82) is 1.34 Å². The van der Waals surface area contributed by atoms with E-state index in [1.165, 1.54) is 29.4 Å². The van der Waals surface area contributed by atoms with E-state index in [-0.39, 0.29) is 131 Å². The summed E-state index contributed by atoms with van der Waals surface area (Å²) in [4.78, 5) is 70.5. The van der Waals surface area contributed by atoms with E-state index in [4.69, 9.17) is 54.0 Å². The molecule has 8 aliphatic carbocycles. The molecule has 9 fully saturated rings. The van der Waals surface area contributed by atoms with Crippen LogP contribution in [0.3, 0.4) is 0 Å². The van der Waals surface area contributed by atoms with Crippen molar-refractivity contribution in [3.63, 3.8) is 0 Å². The number of carbonyl (C=O) groups excluding carboxylic acids is 6. The molecule has 85 heavy (non-hydrogen) atoms. The summed E-state index contributed by atoms with van der Waals surface area (Å²) in [5.74, 6) is -2.84. The Kier molecular flexibility index (Phi) is 21.9. The van der Waals surface area contributed by atoms with Crippen LogP contribution >= 0.6 is 23.2 Å². The zero-order valence-corrected chi connectivity index (χ0v) is 54.6. The summed E-state index contributed by atoms with van der Waals surface area (Å²) in [6.07, 6.45) is 12.6. The molecule has 5 saturated carbocycles. The van der Waals surface area contributed by atoms with Crippen molar-refractivity contribution < 1.29 is 119 Å². The van der Waals surface area contributed by atoms with Gasteiger partial charge >= 0.3 is 135 Å². The first kappa shape index (κ1) is 69.0. The van der Waals surface area contributed by atoms with Gasteiger partial charge in [-0.15, -0.1) is 23.2 Å². The quantitative estimate of drug-likeness (QED) is 0.0253. The Hall–Kier alpha value is -3.48. The predicted octanol–water partition coefficient (Wildman–Crippen LogP) is 7.24. The second-order valence-electron chi connectivity index (χ2n) is 24.4. The Balaban J connectivity index is 0.000000167. The third-order valence-electron chi connectivity index (χ3n) is 19.5. The number of amides is 2. The molecule has 17 nitrogen and oxygen atoms in total. The minimum absolute atomic E-state index is 0. The van der Waals surface area contributed by atoms with Gasteiger partial charge in [-0.2, -0.15) is 0 Å². The van der Waals surface area contributed by atoms with E-state index in [0.717, 1.165) is 55.8 Å². The third-order valence-corrected chi connectivity index (χ3v) is 21.6. The second kappa shape index (κ2) is 26.9. The summed E-state index contributed by atoms with van der Waals surface area (Å²) in [6.45, 7) is 8.81. The summed E-state index contributed by atoms with van der Waals surface area (Å²) >= 11 is 9.23. The van der Waals surface area contributed by atoms with E-state index in [9.17, 15) is 58.0 Å². The molecular weight excluding hydrogens is 1440 g/mol. The fourth-order valence-electron chi connectivity index (χ4n) is 15.6. The maximum absolute atomic E-state index is 14.4. The van der Waals surface area contributed by atoms with Crippen LogP contribution in [0.5, 0.6) is 0 Å². The van der Waals surface area contributed by atoms with Gasteiger partial charge in [0.05, 0.1) is 22.4 Å². The van der Waals surface area contributed by atoms with Crippen LogP contribution in [0, 0.1) is 78.5 Å². The predicted molar refractivity (Wildman–Crippen MR) is 307 cm³/mol. The molecule has 18 atom stereocenters. The first-order valence-electron chi connectivity index (χ1n) is 28.6. The van der Waals surface area contributed by atoms with Crippen molar-refractivity contribution in [3.8, 4) is 0 Å². The van der Waals surface area contributed by atoms with E-state index in [1.54, 1.807) is 31.2 Å². The van der Waals surface area contributed by atoms with Gasteiger partial charge in [-0.25, -0.2) is 18.4 Å². The van der Waals surface area contributed by atoms with Crippen molar-refractivity contribution in [2.75, 3.05) is 5.34 Å². The standard InChI is InChI=1S/C14H9NO2Se.C12H17FO3.C11H13FO3.2C11H14O3.CH2Cl2.CH4.BH.H2O2.U/c16-13-11-8-4-5-9-12(11)14(17)15(13)18-10-6-2-1-3-7-10;1-6-9-10(14)16-8-4-3-7(12(8,9)15)5-11(6,2)13;1-10(12)4-6-2-3-8-11(6,14)7(5-10)9(13)15-8;2*1-6-4-7-2-3-9-11(7,13)8(5-6)10(12)14-9;2-1-3;;;1-2;/h1-9H;6-9,15H,3-5H2,1-2H3;5-6,8,14H,2-4H2,1H3;5,7-9,13H,2-4H2,1H3;5-7,9,13H,2-4H2,1H3;1H2;1H4;1H;1-2H;/t;6?,7-,8-,9?,11+,12-;6-,8-,10+,11+;7-,8?,9-,11+;6-,7+,9+,11-;;;;;/m.1110...../s1/i;;;;;;;1D;;. The molecule has 5 aliphatic heterocycles. The van der Waals surface area contributed by atoms with Crippen molar-refractivity contribution in [2.45, 2.75) is 177 Å². The molecule has 2 amide bonds. The number of carbonyl (C=O) groups is 6. The average Bonchev–Trinajstić information content (AvgIpc) is 1.62. The fourth-order valence-corrected chi connectivity index (χ4v) is 17.4. The van der Waals surface area contributed by atoms with Gasteiger partial charge in [-0.3, -0.25) is 20.1 Å². The zero-order valence-electron chi connectivity index (χ0n) is 48.3. The smallest absolute Gasteiger partial charge is 0.0379 e. The van der Waals surface area contributed by atoms with Crippen LogP contribution in [0.2, 0.25) is 0 Å². The number of benzene rings is 2. The summed E-state index contributed by atoms with van der Waals surface area (Å²) in [5.41, 5.74) is -4.07. The largest absolute Gasteiger partial charge is 0.255 e. The van der Waals surface area contributed by atoms with Crippen LogP contribution in [-0.2, 0) is 38.1 Å². The number of fused-ring (bicyclic) bond motifs is 1. The Morgan fingerprint density at radius 2 is 1.14 bits per heavy atom. The number of nitrogens with zero attached hydrogens (tertiary/aromatic N) is 1. The van der Waals surface area contributed by atoms with Crippen LogP contribution in [-0.4, -0.2) is 159 Å². The molecule has 15 rings (SSSR count). The molecule has 462 valence electrons. The molecule has 0 bridgehead atoms. The minimum Gasteiger partial charge on any atom is -0.255 e. The Labute approximate surface area is 537 Å². The molecule has 3 unspecified atom stereocenters. The Morgan fingerprint density at radius 3 is 1.73 bits per heavy atom. The number of ether oxygens (including phenoxy) is 4. The third kappa shape index (κ3) is 12.3. The minimum atomic E-state index is -1.50. The van der Waals surface area contributed by atoms with Crippen LogP contribution < -0.4 is 4.46 Å². The summed E-state index contributed by atoms with van der Waals surface area (Å²) in [5, 5.41) is 54.3. The van der Waals surface area contributed by atoms with Gasteiger partial charge in [-0.05, 0) is 135 Å². The fraction of sp³-hybridized carbons (Fsp3) is 0.607. The van der Waals surface area contributed by atoms with Crippen molar-refractivity contribution in [1.82, 2.24) is 3.92 Å². The molecule has 5 heterocycles. The molecule has 13 aliphatic rings. The number of aliphatic hydroxyl groups is 4. The van der Waals surface area contributed by atoms with Crippen molar-refractivity contribution in [3.05, 3.63) is 101 Å². The van der Waals surface area contributed by atoms with Gasteiger partial charge in [0.2, 0.25) is 0 Å². The zero-order chi connectivity index (χ0) is 61.6. The molecular formula is C61H76BCl2F2NO16SeU. The summed E-state index contributed by atoms with van der Waals surface area (Å²) in [7, 11) is 3.75. The molecule has 0 aromatic heterocycles. The number of halogens is 4. The number of hydrogen-bond donors (Lipinski definition) is 6. The number of allylic oxidation sites excluding steroid dienone is 3. The van der Waals surface area contributed by atoms with Crippen molar-refractivity contribution in [2.24, 2.45) is 47.3 Å². The molecule has 2 aromatic rings. The van der Waals surface area contributed by atoms with E-state index in [2.05, 4.69) is 15.3 Å². The first-order valence-corrected chi connectivity index (χ1v) is 30.7. The van der Waals surface area contributed by atoms with Crippen LogP contribution in [0.15, 0.2) is 89.5 Å². The van der Waals surface area contributed by atoms with Gasteiger partial charge < -0.3 is 39.4 Å². The van der Waals surface area contributed by atoms with Crippen LogP contribution in [0.1, 0.15) is 140 Å².